The zero-order chi connectivity index (χ0) is 28.2. The molecule has 1 atom stereocenters. The molecule has 1 amide bonds. The molecule has 0 spiro atoms. The Labute approximate surface area is 234 Å². The number of thioether (sulfide) groups is 1. The van der Waals surface area contributed by atoms with Crippen LogP contribution >= 0.6 is 11.8 Å². The average Bonchev–Trinajstić information content (AvgIpc) is 2.96. The summed E-state index contributed by atoms with van der Waals surface area (Å²) >= 11 is 1.15. The first-order valence-corrected chi connectivity index (χ1v) is 13.5. The molecule has 7 nitrogen and oxygen atoms in total. The predicted octanol–water partition coefficient (Wildman–Crippen LogP) is 6.26. The highest BCUT2D eigenvalue weighted by atomic mass is 32.2. The second kappa shape index (κ2) is 11.5. The number of hydrogen-bond donors (Lipinski definition) is 1. The van der Waals surface area contributed by atoms with Crippen LogP contribution in [0.15, 0.2) is 113 Å². The van der Waals surface area contributed by atoms with E-state index in [4.69, 9.17) is 4.98 Å². The van der Waals surface area contributed by atoms with Crippen molar-refractivity contribution in [3.8, 4) is 5.69 Å². The zero-order valence-corrected chi connectivity index (χ0v) is 22.6. The van der Waals surface area contributed by atoms with Gasteiger partial charge in [-0.1, -0.05) is 66.4 Å². The number of anilines is 1. The molecule has 5 rings (SSSR count). The van der Waals surface area contributed by atoms with E-state index in [0.29, 0.717) is 44.1 Å². The summed E-state index contributed by atoms with van der Waals surface area (Å²) in [5, 5.41) is 2.90. The highest BCUT2D eigenvalue weighted by molar-refractivity contribution is 8.00. The van der Waals surface area contributed by atoms with Crippen LogP contribution in [-0.4, -0.2) is 27.0 Å². The third-order valence-electron chi connectivity index (χ3n) is 6.38. The molecule has 0 saturated heterocycles. The van der Waals surface area contributed by atoms with Gasteiger partial charge in [0.05, 0.1) is 16.6 Å². The van der Waals surface area contributed by atoms with E-state index >= 15 is 0 Å². The summed E-state index contributed by atoms with van der Waals surface area (Å²) in [7, 11) is 0. The van der Waals surface area contributed by atoms with Crippen LogP contribution in [0.25, 0.3) is 16.6 Å². The van der Waals surface area contributed by atoms with Crippen LogP contribution in [0.1, 0.15) is 45.4 Å². The lowest BCUT2D eigenvalue weighted by atomic mass is 10.1. The number of para-hydroxylation sites is 1. The summed E-state index contributed by atoms with van der Waals surface area (Å²) in [5.41, 5.74) is 2.96. The Balaban J connectivity index is 1.61. The number of fused-ring (bicyclic) bond motifs is 1. The molecule has 0 aliphatic carbocycles. The lowest BCUT2D eigenvalue weighted by molar-refractivity contribution is -0.115. The molecule has 0 radical (unpaired) electrons. The number of Topliss-reactive ketones (excluding diaryl/α,β-unsaturated/α-hetero) is 2. The van der Waals surface area contributed by atoms with E-state index in [1.807, 2.05) is 30.3 Å². The quantitative estimate of drug-likeness (QED) is 0.140. The molecule has 40 heavy (non-hydrogen) atoms. The number of ketones is 2. The second-order valence-corrected chi connectivity index (χ2v) is 10.3. The fourth-order valence-corrected chi connectivity index (χ4v) is 5.41. The van der Waals surface area contributed by atoms with Crippen LogP contribution in [0.4, 0.5) is 5.69 Å². The Kier molecular flexibility index (Phi) is 7.70. The van der Waals surface area contributed by atoms with Gasteiger partial charge >= 0.3 is 0 Å². The van der Waals surface area contributed by atoms with E-state index in [-0.39, 0.29) is 23.0 Å². The standard InChI is InChI=1S/C32H25N3O4S/c1-20(36)22-15-17-26(18-16-22)35-31(39)27-13-6-7-14-28(27)34-32(35)40-29(23-9-4-3-5-10-23)30(38)33-25-12-8-11-24(19-25)21(2)37/h3-19,29H,1-2H3,(H,33,38)/t29-/m1/s1. The summed E-state index contributed by atoms with van der Waals surface area (Å²) in [6, 6.07) is 29.8. The minimum atomic E-state index is -0.780. The third kappa shape index (κ3) is 5.62. The van der Waals surface area contributed by atoms with Crippen molar-refractivity contribution in [3.05, 3.63) is 130 Å². The van der Waals surface area contributed by atoms with E-state index in [0.717, 1.165) is 11.8 Å². The second-order valence-electron chi connectivity index (χ2n) is 9.19. The maximum Gasteiger partial charge on any atom is 0.266 e. The summed E-state index contributed by atoms with van der Waals surface area (Å²) in [6.45, 7) is 2.95. The van der Waals surface area contributed by atoms with Crippen molar-refractivity contribution in [2.45, 2.75) is 24.3 Å². The molecule has 1 heterocycles. The number of hydrogen-bond acceptors (Lipinski definition) is 6. The number of rotatable bonds is 8. The first-order chi connectivity index (χ1) is 19.3. The van der Waals surface area contributed by atoms with Crippen LogP contribution in [-0.2, 0) is 4.79 Å². The van der Waals surface area contributed by atoms with Crippen molar-refractivity contribution < 1.29 is 14.4 Å². The van der Waals surface area contributed by atoms with E-state index in [1.54, 1.807) is 72.8 Å². The largest absolute Gasteiger partial charge is 0.325 e. The number of aromatic nitrogens is 2. The monoisotopic (exact) mass is 547 g/mol. The van der Waals surface area contributed by atoms with Crippen LogP contribution in [0.2, 0.25) is 0 Å². The normalized spacial score (nSPS) is 11.7. The van der Waals surface area contributed by atoms with Gasteiger partial charge in [-0.25, -0.2) is 4.98 Å². The summed E-state index contributed by atoms with van der Waals surface area (Å²) in [6.07, 6.45) is 0. The minimum Gasteiger partial charge on any atom is -0.325 e. The van der Waals surface area contributed by atoms with Gasteiger partial charge in [-0.3, -0.25) is 23.7 Å². The highest BCUT2D eigenvalue weighted by Crippen LogP contribution is 2.36. The third-order valence-corrected chi connectivity index (χ3v) is 7.58. The van der Waals surface area contributed by atoms with Gasteiger partial charge in [-0.15, -0.1) is 0 Å². The molecule has 8 heteroatoms. The van der Waals surface area contributed by atoms with Gasteiger partial charge in [0.2, 0.25) is 5.91 Å². The van der Waals surface area contributed by atoms with E-state index in [2.05, 4.69) is 5.32 Å². The maximum atomic E-state index is 13.8. The summed E-state index contributed by atoms with van der Waals surface area (Å²) in [4.78, 5) is 56.0. The molecular weight excluding hydrogens is 522 g/mol. The Hall–Kier alpha value is -4.82. The minimum absolute atomic E-state index is 0.0835. The van der Waals surface area contributed by atoms with Gasteiger partial charge in [-0.2, -0.15) is 0 Å². The Morgan fingerprint density at radius 1 is 0.775 bits per heavy atom. The fraction of sp³-hybridized carbons (Fsp3) is 0.0938. The molecule has 0 saturated carbocycles. The van der Waals surface area contributed by atoms with E-state index in [1.165, 1.54) is 18.4 Å². The van der Waals surface area contributed by atoms with Gasteiger partial charge in [0.1, 0.15) is 5.25 Å². The average molecular weight is 548 g/mol. The van der Waals surface area contributed by atoms with Crippen LogP contribution < -0.4 is 10.9 Å². The van der Waals surface area contributed by atoms with Gasteiger partial charge in [0, 0.05) is 16.8 Å². The molecule has 1 N–H and O–H groups in total. The van der Waals surface area contributed by atoms with Crippen LogP contribution in [0.5, 0.6) is 0 Å². The number of amides is 1. The molecule has 4 aromatic carbocycles. The van der Waals surface area contributed by atoms with Gasteiger partial charge in [0.15, 0.2) is 16.7 Å². The van der Waals surface area contributed by atoms with Gasteiger partial charge in [-0.05, 0) is 67.9 Å². The fourth-order valence-electron chi connectivity index (χ4n) is 4.29. The molecule has 0 aliphatic heterocycles. The predicted molar refractivity (Wildman–Crippen MR) is 157 cm³/mol. The van der Waals surface area contributed by atoms with Crippen molar-refractivity contribution >= 4 is 45.8 Å². The Bertz CT molecular complexity index is 1800. The van der Waals surface area contributed by atoms with Crippen LogP contribution in [0.3, 0.4) is 0 Å². The Morgan fingerprint density at radius 3 is 2.15 bits per heavy atom. The molecule has 5 aromatic rings. The molecule has 0 aliphatic rings. The molecule has 198 valence electrons. The number of nitrogens with one attached hydrogen (secondary N) is 1. The van der Waals surface area contributed by atoms with E-state index in [9.17, 15) is 19.2 Å². The van der Waals surface area contributed by atoms with Crippen molar-refractivity contribution in [3.63, 3.8) is 0 Å². The maximum absolute atomic E-state index is 13.8. The molecule has 1 aromatic heterocycles. The topological polar surface area (TPSA) is 98.1 Å². The number of nitrogens with zero attached hydrogens (tertiary/aromatic N) is 2. The lowest BCUT2D eigenvalue weighted by Gasteiger charge is -2.20. The smallest absolute Gasteiger partial charge is 0.266 e. The molecule has 0 fully saturated rings. The van der Waals surface area contributed by atoms with Gasteiger partial charge < -0.3 is 5.32 Å². The first-order valence-electron chi connectivity index (χ1n) is 12.6. The van der Waals surface area contributed by atoms with Crippen molar-refractivity contribution in [2.24, 2.45) is 0 Å². The molecular formula is C32H25N3O4S. The number of carbonyl (C=O) groups is 3. The van der Waals surface area contributed by atoms with Gasteiger partial charge in [0.25, 0.3) is 5.56 Å². The van der Waals surface area contributed by atoms with E-state index < -0.39 is 5.25 Å². The van der Waals surface area contributed by atoms with Crippen molar-refractivity contribution in [1.29, 1.82) is 0 Å². The number of benzene rings is 4. The van der Waals surface area contributed by atoms with Crippen molar-refractivity contribution in [2.75, 3.05) is 5.32 Å². The first kappa shape index (κ1) is 26.8. The number of carbonyl (C=O) groups excluding carboxylic acids is 3. The molecule has 0 bridgehead atoms. The van der Waals surface area contributed by atoms with Crippen LogP contribution in [0, 0.1) is 0 Å². The Morgan fingerprint density at radius 2 is 1.45 bits per heavy atom. The lowest BCUT2D eigenvalue weighted by Crippen LogP contribution is -2.24. The SMILES string of the molecule is CC(=O)c1ccc(-n2c(S[C@@H](C(=O)Nc3cccc(C(C)=O)c3)c3ccccc3)nc3ccccc3c2=O)cc1. The molecule has 0 unspecified atom stereocenters. The van der Waals surface area contributed by atoms with Crippen molar-refractivity contribution in [1.82, 2.24) is 9.55 Å². The highest BCUT2D eigenvalue weighted by Gasteiger charge is 2.26. The summed E-state index contributed by atoms with van der Waals surface area (Å²) < 4.78 is 1.47. The summed E-state index contributed by atoms with van der Waals surface area (Å²) in [5.74, 6) is -0.525. The zero-order valence-electron chi connectivity index (χ0n) is 21.8.